The standard InChI is InChI=1S/C28H45N3O4/c1-9-18(2)23(30-27(34)35-28(5,6)7)26(33)31(8)24(22-17-13-14-19(3)20(22)4)25(32)29-21-15-11-10-12-16-21/h13-14,17-18,21,23-24H,9-12,15-16H2,1-8H3,(H,29,32)(H,30,34). The number of alkyl carbamates (subject to hydrolysis) is 1. The van der Waals surface area contributed by atoms with Gasteiger partial charge >= 0.3 is 6.09 Å². The number of hydrogen-bond donors (Lipinski definition) is 2. The van der Waals surface area contributed by atoms with Crippen LogP contribution in [0.5, 0.6) is 0 Å². The van der Waals surface area contributed by atoms with Crippen LogP contribution in [-0.4, -0.2) is 47.5 Å². The van der Waals surface area contributed by atoms with Crippen molar-refractivity contribution in [1.29, 1.82) is 0 Å². The second-order valence-corrected chi connectivity index (χ2v) is 11.0. The highest BCUT2D eigenvalue weighted by atomic mass is 16.6. The first-order valence-electron chi connectivity index (χ1n) is 13.0. The van der Waals surface area contributed by atoms with Gasteiger partial charge in [0.25, 0.3) is 0 Å². The van der Waals surface area contributed by atoms with Crippen LogP contribution in [-0.2, 0) is 14.3 Å². The molecule has 196 valence electrons. The summed E-state index contributed by atoms with van der Waals surface area (Å²) >= 11 is 0. The van der Waals surface area contributed by atoms with Crippen molar-refractivity contribution < 1.29 is 19.1 Å². The summed E-state index contributed by atoms with van der Waals surface area (Å²) in [5.74, 6) is -0.630. The smallest absolute Gasteiger partial charge is 0.408 e. The number of ether oxygens (including phenoxy) is 1. The van der Waals surface area contributed by atoms with Gasteiger partial charge in [-0.25, -0.2) is 4.79 Å². The molecule has 1 aliphatic carbocycles. The van der Waals surface area contributed by atoms with Crippen LogP contribution in [0.1, 0.15) is 95.9 Å². The highest BCUT2D eigenvalue weighted by Crippen LogP contribution is 2.28. The largest absolute Gasteiger partial charge is 0.444 e. The van der Waals surface area contributed by atoms with E-state index in [1.807, 2.05) is 45.9 Å². The summed E-state index contributed by atoms with van der Waals surface area (Å²) in [6.07, 6.45) is 5.35. The molecular weight excluding hydrogens is 442 g/mol. The van der Waals surface area contributed by atoms with Gasteiger partial charge in [0.15, 0.2) is 0 Å². The van der Waals surface area contributed by atoms with Gasteiger partial charge in [-0.15, -0.1) is 0 Å². The Bertz CT molecular complexity index is 887. The molecule has 35 heavy (non-hydrogen) atoms. The molecule has 1 fully saturated rings. The highest BCUT2D eigenvalue weighted by Gasteiger charge is 2.37. The molecule has 0 bridgehead atoms. The number of amides is 3. The van der Waals surface area contributed by atoms with Crippen LogP contribution in [0.4, 0.5) is 4.79 Å². The molecule has 0 heterocycles. The lowest BCUT2D eigenvalue weighted by Crippen LogP contribution is -2.54. The minimum Gasteiger partial charge on any atom is -0.444 e. The van der Waals surface area contributed by atoms with Crippen molar-refractivity contribution >= 4 is 17.9 Å². The molecule has 2 rings (SSSR count). The minimum atomic E-state index is -0.810. The molecule has 0 radical (unpaired) electrons. The molecule has 3 unspecified atom stereocenters. The Balaban J connectivity index is 2.38. The molecule has 1 saturated carbocycles. The maximum absolute atomic E-state index is 13.8. The minimum absolute atomic E-state index is 0.123. The number of nitrogens with zero attached hydrogens (tertiary/aromatic N) is 1. The zero-order chi connectivity index (χ0) is 26.3. The third-order valence-corrected chi connectivity index (χ3v) is 7.03. The lowest BCUT2D eigenvalue weighted by Gasteiger charge is -2.35. The molecule has 0 aromatic heterocycles. The molecular formula is C28H45N3O4. The maximum atomic E-state index is 13.8. The Morgan fingerprint density at radius 2 is 1.74 bits per heavy atom. The first-order valence-corrected chi connectivity index (χ1v) is 13.0. The summed E-state index contributed by atoms with van der Waals surface area (Å²) in [5.41, 5.74) is 2.16. The quantitative estimate of drug-likeness (QED) is 0.528. The normalized spacial score (nSPS) is 17.1. The molecule has 1 aromatic rings. The molecule has 7 nitrogen and oxygen atoms in total. The van der Waals surface area contributed by atoms with Crippen molar-refractivity contribution in [3.8, 4) is 0 Å². The number of carbonyl (C=O) groups is 3. The van der Waals surface area contributed by atoms with Crippen LogP contribution < -0.4 is 10.6 Å². The van der Waals surface area contributed by atoms with E-state index in [0.29, 0.717) is 6.42 Å². The summed E-state index contributed by atoms with van der Waals surface area (Å²) in [6, 6.07) is 4.35. The molecule has 2 N–H and O–H groups in total. The fourth-order valence-corrected chi connectivity index (χ4v) is 4.59. The molecule has 0 aliphatic heterocycles. The highest BCUT2D eigenvalue weighted by molar-refractivity contribution is 5.92. The molecule has 0 saturated heterocycles. The van der Waals surface area contributed by atoms with Gasteiger partial charge in [-0.2, -0.15) is 0 Å². The number of carbonyl (C=O) groups excluding carboxylic acids is 3. The first kappa shape index (κ1) is 28.7. The van der Waals surface area contributed by atoms with E-state index >= 15 is 0 Å². The number of nitrogens with one attached hydrogen (secondary N) is 2. The lowest BCUT2D eigenvalue weighted by molar-refractivity contribution is -0.142. The summed E-state index contributed by atoms with van der Waals surface area (Å²) in [7, 11) is 1.65. The van der Waals surface area contributed by atoms with Gasteiger partial charge in [-0.1, -0.05) is 57.7 Å². The van der Waals surface area contributed by atoms with Crippen LogP contribution in [0.3, 0.4) is 0 Å². The predicted molar refractivity (Wildman–Crippen MR) is 139 cm³/mol. The number of hydrogen-bond acceptors (Lipinski definition) is 4. The fraction of sp³-hybridized carbons (Fsp3) is 0.679. The van der Waals surface area contributed by atoms with Crippen molar-refractivity contribution in [2.24, 2.45) is 5.92 Å². The summed E-state index contributed by atoms with van der Waals surface area (Å²) in [6.45, 7) is 13.2. The third-order valence-electron chi connectivity index (χ3n) is 7.03. The summed E-state index contributed by atoms with van der Waals surface area (Å²) in [5, 5.41) is 5.98. The Morgan fingerprint density at radius 3 is 2.31 bits per heavy atom. The van der Waals surface area contributed by atoms with Crippen molar-refractivity contribution in [1.82, 2.24) is 15.5 Å². The van der Waals surface area contributed by atoms with Gasteiger partial charge in [0.1, 0.15) is 17.7 Å². The predicted octanol–water partition coefficient (Wildman–Crippen LogP) is 5.19. The van der Waals surface area contributed by atoms with Crippen LogP contribution in [0.2, 0.25) is 0 Å². The van der Waals surface area contributed by atoms with E-state index in [1.54, 1.807) is 27.8 Å². The van der Waals surface area contributed by atoms with Gasteiger partial charge in [-0.05, 0) is 70.1 Å². The Hall–Kier alpha value is -2.57. The number of likely N-dealkylation sites (N-methyl/N-ethyl adjacent to an activating group) is 1. The zero-order valence-electron chi connectivity index (χ0n) is 22.9. The number of benzene rings is 1. The Morgan fingerprint density at radius 1 is 1.11 bits per heavy atom. The van der Waals surface area contributed by atoms with Crippen molar-refractivity contribution in [3.05, 3.63) is 34.9 Å². The van der Waals surface area contributed by atoms with Crippen LogP contribution >= 0.6 is 0 Å². The third kappa shape index (κ3) is 7.97. The van der Waals surface area contributed by atoms with E-state index in [-0.39, 0.29) is 23.8 Å². The number of rotatable bonds is 8. The van der Waals surface area contributed by atoms with Gasteiger partial charge in [0.05, 0.1) is 0 Å². The van der Waals surface area contributed by atoms with Gasteiger partial charge in [-0.3, -0.25) is 9.59 Å². The monoisotopic (exact) mass is 487 g/mol. The van der Waals surface area contributed by atoms with Crippen molar-refractivity contribution in [2.45, 2.75) is 111 Å². The second-order valence-electron chi connectivity index (χ2n) is 11.0. The molecule has 3 atom stereocenters. The van der Waals surface area contributed by atoms with Gasteiger partial charge < -0.3 is 20.3 Å². The van der Waals surface area contributed by atoms with E-state index in [1.165, 1.54) is 11.3 Å². The molecule has 0 spiro atoms. The van der Waals surface area contributed by atoms with E-state index in [4.69, 9.17) is 4.74 Å². The van der Waals surface area contributed by atoms with Crippen molar-refractivity contribution in [3.63, 3.8) is 0 Å². The van der Waals surface area contributed by atoms with E-state index in [0.717, 1.165) is 42.4 Å². The van der Waals surface area contributed by atoms with E-state index in [9.17, 15) is 14.4 Å². The number of aryl methyl sites for hydroxylation is 1. The first-order chi connectivity index (χ1) is 16.4. The SMILES string of the molecule is CCC(C)C(NC(=O)OC(C)(C)C)C(=O)N(C)C(C(=O)NC1CCCCC1)c1cccc(C)c1C. The average molecular weight is 488 g/mol. The Kier molecular flexibility index (Phi) is 10.2. The molecule has 7 heteroatoms. The van der Waals surface area contributed by atoms with Gasteiger partial charge in [0.2, 0.25) is 11.8 Å². The second kappa shape index (κ2) is 12.4. The Labute approximate surface area is 211 Å². The van der Waals surface area contributed by atoms with Crippen LogP contribution in [0, 0.1) is 19.8 Å². The van der Waals surface area contributed by atoms with Crippen molar-refractivity contribution in [2.75, 3.05) is 7.05 Å². The average Bonchev–Trinajstić information content (AvgIpc) is 2.78. The summed E-state index contributed by atoms with van der Waals surface area (Å²) in [4.78, 5) is 41.6. The zero-order valence-corrected chi connectivity index (χ0v) is 22.9. The van der Waals surface area contributed by atoms with Crippen LogP contribution in [0.25, 0.3) is 0 Å². The molecule has 3 amide bonds. The maximum Gasteiger partial charge on any atom is 0.408 e. The van der Waals surface area contributed by atoms with E-state index in [2.05, 4.69) is 10.6 Å². The van der Waals surface area contributed by atoms with Gasteiger partial charge in [0, 0.05) is 13.1 Å². The molecule has 1 aromatic carbocycles. The fourth-order valence-electron chi connectivity index (χ4n) is 4.59. The lowest BCUT2D eigenvalue weighted by atomic mass is 9.92. The molecule has 1 aliphatic rings. The topological polar surface area (TPSA) is 87.7 Å². The summed E-state index contributed by atoms with van der Waals surface area (Å²) < 4.78 is 5.42. The van der Waals surface area contributed by atoms with E-state index < -0.39 is 23.8 Å². The van der Waals surface area contributed by atoms with Crippen LogP contribution in [0.15, 0.2) is 18.2 Å².